The molecule has 2 N–H and O–H groups in total. The van der Waals surface area contributed by atoms with Crippen LogP contribution in [0.1, 0.15) is 168 Å². The van der Waals surface area contributed by atoms with Gasteiger partial charge in [-0.05, 0) is 0 Å². The number of rotatable bonds is 35. The molecule has 0 aliphatic rings. The number of carbonyl (C=O) groups excluding carboxylic acids is 2. The van der Waals surface area contributed by atoms with Crippen molar-refractivity contribution < 1.29 is 38.9 Å². The van der Waals surface area contributed by atoms with Crippen molar-refractivity contribution in [3.05, 3.63) is 0 Å². The van der Waals surface area contributed by atoms with E-state index in [1.807, 2.05) is 0 Å². The first-order valence-corrected chi connectivity index (χ1v) is 25.9. The van der Waals surface area contributed by atoms with Crippen molar-refractivity contribution >= 4 is 56.3 Å². The van der Waals surface area contributed by atoms with E-state index in [0.29, 0.717) is 11.6 Å². The fourth-order valence-electron chi connectivity index (χ4n) is 5.06. The third kappa shape index (κ3) is 33.1. The van der Waals surface area contributed by atoms with Crippen molar-refractivity contribution in [1.29, 1.82) is 0 Å². The molecular formula is C35H65AsO8S2. The summed E-state index contributed by atoms with van der Waals surface area (Å²) in [7, 11) is 2.48. The van der Waals surface area contributed by atoms with E-state index < -0.39 is 30.4 Å². The SMILES string of the molecule is CCCCCCCCCCCCCC(=O)OCC(C[As](SCC(=O)O)SCC(=O)O)OC(=O)CCCCCCCCCCCCC. The zero-order valence-electron chi connectivity index (χ0n) is 29.0. The van der Waals surface area contributed by atoms with E-state index in [0.717, 1.165) is 38.5 Å². The van der Waals surface area contributed by atoms with Gasteiger partial charge in [0.1, 0.15) is 0 Å². The minimum Gasteiger partial charge on any atom is -0.0654 e. The molecular weight excluding hydrogens is 687 g/mol. The summed E-state index contributed by atoms with van der Waals surface area (Å²) in [6.07, 6.45) is 26.1. The van der Waals surface area contributed by atoms with Crippen LogP contribution in [-0.4, -0.2) is 70.6 Å². The maximum absolute atomic E-state index is 12.7. The summed E-state index contributed by atoms with van der Waals surface area (Å²) >= 11 is -2.11. The van der Waals surface area contributed by atoms with Crippen molar-refractivity contribution in [2.75, 3.05) is 18.1 Å². The molecule has 0 aromatic rings. The van der Waals surface area contributed by atoms with Gasteiger partial charge in [0.05, 0.1) is 0 Å². The van der Waals surface area contributed by atoms with Crippen LogP contribution in [0.15, 0.2) is 0 Å². The number of aliphatic carboxylic acids is 2. The van der Waals surface area contributed by atoms with Gasteiger partial charge in [-0.1, -0.05) is 71.6 Å². The minimum absolute atomic E-state index is 0.0760. The predicted molar refractivity (Wildman–Crippen MR) is 194 cm³/mol. The predicted octanol–water partition coefficient (Wildman–Crippen LogP) is 9.97. The van der Waals surface area contributed by atoms with Crippen molar-refractivity contribution in [3.63, 3.8) is 0 Å². The second-order valence-electron chi connectivity index (χ2n) is 12.2. The van der Waals surface area contributed by atoms with E-state index >= 15 is 0 Å². The van der Waals surface area contributed by atoms with E-state index in [9.17, 15) is 19.2 Å². The van der Waals surface area contributed by atoms with Gasteiger partial charge >= 0.3 is 221 Å². The third-order valence-corrected chi connectivity index (χ3v) is 20.6. The van der Waals surface area contributed by atoms with Crippen LogP contribution in [0.5, 0.6) is 0 Å². The number of hydrogen-bond acceptors (Lipinski definition) is 8. The Hall–Kier alpha value is -0.862. The van der Waals surface area contributed by atoms with Crippen molar-refractivity contribution in [2.45, 2.75) is 179 Å². The first kappa shape index (κ1) is 45.1. The van der Waals surface area contributed by atoms with Crippen LogP contribution in [0.3, 0.4) is 0 Å². The summed E-state index contributed by atoms with van der Waals surface area (Å²) in [6.45, 7) is 4.38. The van der Waals surface area contributed by atoms with Crippen LogP contribution in [0, 0.1) is 0 Å². The maximum atomic E-state index is 12.7. The number of unbranched alkanes of at least 4 members (excludes halogenated alkanes) is 20. The standard InChI is InChI=1S/C35H65AsO8S2/c1-3-5-7-9-11-13-15-17-19-21-23-25-34(41)43-28-31(27-36(45-29-32(37)38)46-30-33(39)40)44-35(42)26-24-22-20-18-16-14-12-10-8-6-4-2/h31H,3-30H2,1-2H3,(H,37,38)(H,39,40). The van der Waals surface area contributed by atoms with Crippen LogP contribution in [0.4, 0.5) is 0 Å². The fourth-order valence-corrected chi connectivity index (χ4v) is 16.5. The summed E-state index contributed by atoms with van der Waals surface area (Å²) in [5.41, 5.74) is 0. The molecule has 0 heterocycles. The molecule has 11 heteroatoms. The normalized spacial score (nSPS) is 11.9. The molecule has 0 rings (SSSR count). The zero-order valence-corrected chi connectivity index (χ0v) is 32.5. The first-order valence-electron chi connectivity index (χ1n) is 18.1. The van der Waals surface area contributed by atoms with Crippen molar-refractivity contribution in [2.24, 2.45) is 0 Å². The quantitative estimate of drug-likeness (QED) is 0.0367. The van der Waals surface area contributed by atoms with Crippen molar-refractivity contribution in [1.82, 2.24) is 0 Å². The molecule has 270 valence electrons. The Bertz CT molecular complexity index is 753. The monoisotopic (exact) mass is 752 g/mol. The zero-order chi connectivity index (χ0) is 34.1. The van der Waals surface area contributed by atoms with Gasteiger partial charge in [0.2, 0.25) is 0 Å². The molecule has 8 nitrogen and oxygen atoms in total. The van der Waals surface area contributed by atoms with Gasteiger partial charge in [0.25, 0.3) is 0 Å². The third-order valence-electron chi connectivity index (χ3n) is 7.71. The van der Waals surface area contributed by atoms with Crippen LogP contribution in [0.25, 0.3) is 0 Å². The second kappa shape index (κ2) is 34.0. The van der Waals surface area contributed by atoms with E-state index in [4.69, 9.17) is 19.7 Å². The molecule has 0 aliphatic heterocycles. The summed E-state index contributed by atoms with van der Waals surface area (Å²) in [4.78, 5) is 47.5. The van der Waals surface area contributed by atoms with Crippen LogP contribution in [-0.2, 0) is 28.7 Å². The van der Waals surface area contributed by atoms with E-state index in [1.54, 1.807) is 0 Å². The van der Waals surface area contributed by atoms with Gasteiger partial charge in [-0.25, -0.2) is 0 Å². The average molecular weight is 753 g/mol. The number of hydrogen-bond donors (Lipinski definition) is 2. The van der Waals surface area contributed by atoms with Crippen LogP contribution < -0.4 is 0 Å². The molecule has 0 aromatic heterocycles. The molecule has 0 saturated carbocycles. The summed E-state index contributed by atoms with van der Waals surface area (Å²) in [5.74, 6) is -2.87. The average Bonchev–Trinajstić information content (AvgIpc) is 3.02. The topological polar surface area (TPSA) is 127 Å². The fraction of sp³-hybridized carbons (Fsp3) is 0.886. The van der Waals surface area contributed by atoms with Gasteiger partial charge in [-0.2, -0.15) is 0 Å². The number of esters is 2. The Morgan fingerprint density at radius 2 is 0.891 bits per heavy atom. The first-order chi connectivity index (χ1) is 22.3. The molecule has 46 heavy (non-hydrogen) atoms. The second-order valence-corrected chi connectivity index (χ2v) is 24.5. The molecule has 0 radical (unpaired) electrons. The Kier molecular flexibility index (Phi) is 33.4. The summed E-state index contributed by atoms with van der Waals surface area (Å²) in [6, 6.07) is 0. The number of carboxylic acid groups (broad SMARTS) is 2. The van der Waals surface area contributed by atoms with Crippen molar-refractivity contribution in [3.8, 4) is 0 Å². The molecule has 0 aromatic carbocycles. The van der Waals surface area contributed by atoms with Gasteiger partial charge < -0.3 is 0 Å². The Morgan fingerprint density at radius 1 is 0.543 bits per heavy atom. The van der Waals surface area contributed by atoms with E-state index in [1.165, 1.54) is 123 Å². The number of carboxylic acids is 2. The number of ether oxygens (including phenoxy) is 2. The number of carbonyl (C=O) groups is 4. The van der Waals surface area contributed by atoms with E-state index in [-0.39, 0.29) is 36.5 Å². The minimum atomic E-state index is -2.11. The Morgan fingerprint density at radius 3 is 1.26 bits per heavy atom. The van der Waals surface area contributed by atoms with Gasteiger partial charge in [0.15, 0.2) is 0 Å². The molecule has 0 fully saturated rings. The van der Waals surface area contributed by atoms with Gasteiger partial charge in [-0.15, -0.1) is 0 Å². The molecule has 0 aliphatic carbocycles. The summed E-state index contributed by atoms with van der Waals surface area (Å²) < 4.78 is 11.3. The Labute approximate surface area is 291 Å². The van der Waals surface area contributed by atoms with Gasteiger partial charge in [-0.3, -0.25) is 0 Å². The van der Waals surface area contributed by atoms with E-state index in [2.05, 4.69) is 13.8 Å². The molecule has 0 saturated heterocycles. The van der Waals surface area contributed by atoms with Crippen LogP contribution in [0.2, 0.25) is 5.21 Å². The van der Waals surface area contributed by atoms with Crippen LogP contribution >= 0.6 is 20.0 Å². The Balaban J connectivity index is 4.57. The molecule has 1 atom stereocenters. The molecule has 0 amide bonds. The van der Waals surface area contributed by atoms with Gasteiger partial charge in [0, 0.05) is 0 Å². The summed E-state index contributed by atoms with van der Waals surface area (Å²) in [5, 5.41) is 18.7. The smallest absolute Gasteiger partial charge is 0.0654 e. The molecule has 0 spiro atoms. The molecule has 1 unspecified atom stereocenters. The molecule has 0 bridgehead atoms.